The van der Waals surface area contributed by atoms with E-state index in [0.29, 0.717) is 20.4 Å². The number of nitrogens with zero attached hydrogens (tertiary/aromatic N) is 3. The molecule has 0 unspecified atom stereocenters. The highest BCUT2D eigenvalue weighted by Gasteiger charge is 2.12. The average Bonchev–Trinajstić information content (AvgIpc) is 3.43. The number of ether oxygens (including phenoxy) is 1. The van der Waals surface area contributed by atoms with Crippen molar-refractivity contribution in [2.75, 3.05) is 23.0 Å². The van der Waals surface area contributed by atoms with Gasteiger partial charge in [-0.1, -0.05) is 53.4 Å². The lowest BCUT2D eigenvalue weighted by atomic mass is 10.1. The Labute approximate surface area is 183 Å². The maximum atomic E-state index is 12.1. The summed E-state index contributed by atoms with van der Waals surface area (Å²) in [6.07, 6.45) is 1.62. The van der Waals surface area contributed by atoms with Crippen molar-refractivity contribution in [2.45, 2.75) is 4.34 Å². The number of fused-ring (bicyclic) bond motifs is 1. The normalized spacial score (nSPS) is 10.7. The van der Waals surface area contributed by atoms with Crippen LogP contribution >= 0.6 is 34.4 Å². The van der Waals surface area contributed by atoms with Gasteiger partial charge in [-0.15, -0.1) is 21.5 Å². The number of nitrogens with one attached hydrogen (secondary N) is 2. The van der Waals surface area contributed by atoms with Gasteiger partial charge in [0.05, 0.1) is 5.75 Å². The molecule has 2 heterocycles. The van der Waals surface area contributed by atoms with E-state index in [2.05, 4.69) is 25.8 Å². The molecule has 0 fully saturated rings. The van der Waals surface area contributed by atoms with Crippen molar-refractivity contribution in [1.82, 2.24) is 15.2 Å². The van der Waals surface area contributed by atoms with E-state index in [-0.39, 0.29) is 24.2 Å². The summed E-state index contributed by atoms with van der Waals surface area (Å²) >= 11 is 3.78. The van der Waals surface area contributed by atoms with Crippen LogP contribution in [0.3, 0.4) is 0 Å². The number of aromatic nitrogens is 3. The molecule has 0 aliphatic carbocycles. The first-order valence-electron chi connectivity index (χ1n) is 8.73. The molecule has 0 spiro atoms. The third-order valence-corrected chi connectivity index (χ3v) is 6.41. The molecule has 2 amide bonds. The first kappa shape index (κ1) is 20.3. The van der Waals surface area contributed by atoms with Crippen LogP contribution in [0.2, 0.25) is 0 Å². The lowest BCUT2D eigenvalue weighted by Gasteiger charge is -2.06. The number of amides is 2. The zero-order chi connectivity index (χ0) is 20.8. The summed E-state index contributed by atoms with van der Waals surface area (Å²) < 4.78 is 6.14. The van der Waals surface area contributed by atoms with E-state index in [4.69, 9.17) is 4.74 Å². The summed E-state index contributed by atoms with van der Waals surface area (Å²) in [5, 5.41) is 18.1. The van der Waals surface area contributed by atoms with Crippen LogP contribution < -0.4 is 15.4 Å². The van der Waals surface area contributed by atoms with Crippen molar-refractivity contribution in [2.24, 2.45) is 0 Å². The molecule has 4 aromatic rings. The molecule has 0 saturated carbocycles. The summed E-state index contributed by atoms with van der Waals surface area (Å²) in [6.45, 7) is -0.142. The smallest absolute Gasteiger partial charge is 0.264 e. The Kier molecular flexibility index (Phi) is 6.52. The maximum Gasteiger partial charge on any atom is 0.264 e. The highest BCUT2D eigenvalue weighted by molar-refractivity contribution is 8.01. The third kappa shape index (κ3) is 5.53. The molecular weight excluding hydrogens is 442 g/mol. The van der Waals surface area contributed by atoms with E-state index in [0.717, 1.165) is 10.8 Å². The third-order valence-electron chi connectivity index (χ3n) is 3.75. The molecule has 0 aliphatic rings. The minimum absolute atomic E-state index is 0.142. The standard InChI is InChI=1S/C19H15N5O3S3/c25-15(10-27-14-6-5-12-3-1-2-4-13(12)9-14)21-18-23-24-19(30-18)29-11-16(26)22-17-20-7-8-28-17/h1-9H,10-11H2,(H,20,22,26)(H,21,23,25). The van der Waals surface area contributed by atoms with Gasteiger partial charge in [0.15, 0.2) is 16.1 Å². The van der Waals surface area contributed by atoms with Gasteiger partial charge in [-0.25, -0.2) is 4.98 Å². The number of hydrogen-bond donors (Lipinski definition) is 2. The van der Waals surface area contributed by atoms with E-state index in [1.165, 1.54) is 34.4 Å². The highest BCUT2D eigenvalue weighted by atomic mass is 32.2. The number of thioether (sulfide) groups is 1. The van der Waals surface area contributed by atoms with Crippen molar-refractivity contribution in [3.05, 3.63) is 54.0 Å². The number of benzene rings is 2. The summed E-state index contributed by atoms with van der Waals surface area (Å²) in [6, 6.07) is 13.6. The number of rotatable bonds is 8. The fraction of sp³-hybridized carbons (Fsp3) is 0.105. The Morgan fingerprint density at radius 1 is 1.00 bits per heavy atom. The second-order valence-corrected chi connectivity index (χ2v) is 8.99. The predicted octanol–water partition coefficient (Wildman–Crippen LogP) is 3.90. The molecule has 2 aromatic heterocycles. The van der Waals surface area contributed by atoms with Crippen molar-refractivity contribution < 1.29 is 14.3 Å². The van der Waals surface area contributed by atoms with E-state index < -0.39 is 0 Å². The Morgan fingerprint density at radius 2 is 1.83 bits per heavy atom. The minimum Gasteiger partial charge on any atom is -0.484 e. The van der Waals surface area contributed by atoms with Gasteiger partial charge >= 0.3 is 0 Å². The summed E-state index contributed by atoms with van der Waals surface area (Å²) in [5.41, 5.74) is 0. The van der Waals surface area contributed by atoms with Crippen molar-refractivity contribution in [3.8, 4) is 5.75 Å². The Morgan fingerprint density at radius 3 is 2.67 bits per heavy atom. The molecule has 2 aromatic carbocycles. The van der Waals surface area contributed by atoms with Crippen molar-refractivity contribution >= 4 is 67.3 Å². The molecule has 2 N–H and O–H groups in total. The van der Waals surface area contributed by atoms with Crippen LogP contribution in [0.5, 0.6) is 5.75 Å². The quantitative estimate of drug-likeness (QED) is 0.305. The molecule has 152 valence electrons. The summed E-state index contributed by atoms with van der Waals surface area (Å²) in [5.74, 6) is 0.272. The van der Waals surface area contributed by atoms with Crippen LogP contribution in [0.1, 0.15) is 0 Å². The van der Waals surface area contributed by atoms with Crippen molar-refractivity contribution in [3.63, 3.8) is 0 Å². The zero-order valence-electron chi connectivity index (χ0n) is 15.4. The average molecular weight is 458 g/mol. The molecule has 4 rings (SSSR count). The monoisotopic (exact) mass is 457 g/mol. The highest BCUT2D eigenvalue weighted by Crippen LogP contribution is 2.26. The first-order chi connectivity index (χ1) is 14.7. The molecule has 11 heteroatoms. The zero-order valence-corrected chi connectivity index (χ0v) is 17.9. The van der Waals surface area contributed by atoms with Gasteiger partial charge in [0.1, 0.15) is 5.75 Å². The van der Waals surface area contributed by atoms with Crippen LogP contribution in [0.15, 0.2) is 58.4 Å². The lowest BCUT2D eigenvalue weighted by molar-refractivity contribution is -0.118. The minimum atomic E-state index is -0.336. The van der Waals surface area contributed by atoms with Gasteiger partial charge in [-0.2, -0.15) is 0 Å². The number of hydrogen-bond acceptors (Lipinski definition) is 9. The van der Waals surface area contributed by atoms with Gasteiger partial charge in [0.2, 0.25) is 11.0 Å². The number of thiazole rings is 1. The number of anilines is 2. The van der Waals surface area contributed by atoms with E-state index in [1.807, 2.05) is 42.5 Å². The van der Waals surface area contributed by atoms with Crippen molar-refractivity contribution in [1.29, 1.82) is 0 Å². The second-order valence-electron chi connectivity index (χ2n) is 5.89. The number of carbonyl (C=O) groups excluding carboxylic acids is 2. The molecule has 0 radical (unpaired) electrons. The van der Waals surface area contributed by atoms with Crippen LogP contribution in [0, 0.1) is 0 Å². The molecule has 0 saturated heterocycles. The Hall–Kier alpha value is -3.02. The topological polar surface area (TPSA) is 106 Å². The van der Waals surface area contributed by atoms with E-state index >= 15 is 0 Å². The molecule has 30 heavy (non-hydrogen) atoms. The van der Waals surface area contributed by atoms with Crippen LogP contribution in [-0.2, 0) is 9.59 Å². The fourth-order valence-electron chi connectivity index (χ4n) is 2.45. The van der Waals surface area contributed by atoms with Crippen LogP contribution in [-0.4, -0.2) is 39.4 Å². The SMILES string of the molecule is O=C(CSc1nnc(NC(=O)COc2ccc3ccccc3c2)s1)Nc1nccs1. The molecule has 8 nitrogen and oxygen atoms in total. The van der Waals surface area contributed by atoms with Gasteiger partial charge in [-0.05, 0) is 22.9 Å². The van der Waals surface area contributed by atoms with Gasteiger partial charge in [0.25, 0.3) is 5.91 Å². The largest absolute Gasteiger partial charge is 0.484 e. The van der Waals surface area contributed by atoms with Crippen LogP contribution in [0.4, 0.5) is 10.3 Å². The molecular formula is C19H15N5O3S3. The number of carbonyl (C=O) groups is 2. The fourth-order valence-corrected chi connectivity index (χ4v) is 4.56. The van der Waals surface area contributed by atoms with E-state index in [1.54, 1.807) is 11.6 Å². The Bertz CT molecular complexity index is 1160. The van der Waals surface area contributed by atoms with Gasteiger partial charge in [-0.3, -0.25) is 14.9 Å². The Balaban J connectivity index is 1.23. The second kappa shape index (κ2) is 9.65. The summed E-state index contributed by atoms with van der Waals surface area (Å²) in [7, 11) is 0. The molecule has 0 aliphatic heterocycles. The lowest BCUT2D eigenvalue weighted by Crippen LogP contribution is -2.20. The van der Waals surface area contributed by atoms with Crippen LogP contribution in [0.25, 0.3) is 10.8 Å². The van der Waals surface area contributed by atoms with Gasteiger partial charge < -0.3 is 10.1 Å². The maximum absolute atomic E-state index is 12.1. The van der Waals surface area contributed by atoms with Gasteiger partial charge in [0, 0.05) is 11.6 Å². The summed E-state index contributed by atoms with van der Waals surface area (Å²) in [4.78, 5) is 28.0. The molecule has 0 bridgehead atoms. The van der Waals surface area contributed by atoms with E-state index in [9.17, 15) is 9.59 Å². The molecule has 0 atom stereocenters. The first-order valence-corrected chi connectivity index (χ1v) is 11.4. The predicted molar refractivity (Wildman–Crippen MR) is 119 cm³/mol.